The molecule has 43 heavy (non-hydrogen) atoms. The summed E-state index contributed by atoms with van der Waals surface area (Å²) in [5, 5.41) is 8.31. The molecule has 1 unspecified atom stereocenters. The lowest BCUT2D eigenvalue weighted by Gasteiger charge is -2.52. The third-order valence-corrected chi connectivity index (χ3v) is 12.1. The van der Waals surface area contributed by atoms with Gasteiger partial charge in [0.05, 0.1) is 11.6 Å². The normalized spacial score (nSPS) is 22.0. The second kappa shape index (κ2) is 12.4. The van der Waals surface area contributed by atoms with Crippen LogP contribution in [-0.2, 0) is 0 Å². The zero-order valence-electron chi connectivity index (χ0n) is 24.6. The fourth-order valence-corrected chi connectivity index (χ4v) is 9.87. The quantitative estimate of drug-likeness (QED) is 0.210. The molecule has 3 fully saturated rings. The molecule has 1 N–H and O–H groups in total. The van der Waals surface area contributed by atoms with Crippen LogP contribution in [0.15, 0.2) is 121 Å². The van der Waals surface area contributed by atoms with Gasteiger partial charge in [-0.3, -0.25) is 14.7 Å². The number of nitrogens with one attached hydrogen (secondary N) is 1. The summed E-state index contributed by atoms with van der Waals surface area (Å²) in [4.78, 5) is 21.9. The van der Waals surface area contributed by atoms with E-state index in [2.05, 4.69) is 119 Å². The van der Waals surface area contributed by atoms with Gasteiger partial charge in [-0.25, -0.2) is 0 Å². The molecule has 0 saturated carbocycles. The molecular formula is C38H38N3OP. The Hall–Kier alpha value is -3.85. The number of para-hydroxylation sites is 1. The Morgan fingerprint density at radius 3 is 2.26 bits per heavy atom. The Labute approximate surface area is 255 Å². The zero-order valence-corrected chi connectivity index (χ0v) is 25.5. The molecule has 4 heterocycles. The van der Waals surface area contributed by atoms with Crippen LogP contribution in [0.25, 0.3) is 10.9 Å². The van der Waals surface area contributed by atoms with Crippen molar-refractivity contribution in [1.82, 2.24) is 15.2 Å². The molecule has 3 aliphatic rings. The molecule has 4 nitrogen and oxygen atoms in total. The number of hydrogen-bond donors (Lipinski definition) is 1. The molecule has 0 radical (unpaired) electrons. The van der Waals surface area contributed by atoms with Gasteiger partial charge in [-0.1, -0.05) is 110 Å². The van der Waals surface area contributed by atoms with E-state index in [4.69, 9.17) is 0 Å². The SMILES string of the molecule is CC[C@H]1CN2CC[C@H]1C[C@H]2[C@@H](NC(=O)c1ccccc1P(c1ccccc1)c1ccccc1)c1ccnc2ccccc12. The van der Waals surface area contributed by atoms with Crippen molar-refractivity contribution < 1.29 is 4.79 Å². The number of pyridine rings is 1. The summed E-state index contributed by atoms with van der Waals surface area (Å²) in [7, 11) is -0.916. The van der Waals surface area contributed by atoms with Crippen LogP contribution >= 0.6 is 7.92 Å². The minimum atomic E-state index is -0.916. The van der Waals surface area contributed by atoms with Gasteiger partial charge in [0.2, 0.25) is 0 Å². The fourth-order valence-electron chi connectivity index (χ4n) is 7.42. The lowest BCUT2D eigenvalue weighted by Crippen LogP contribution is -2.57. The molecule has 0 aliphatic carbocycles. The van der Waals surface area contributed by atoms with Crippen LogP contribution in [0.5, 0.6) is 0 Å². The molecule has 1 amide bonds. The first-order valence-corrected chi connectivity index (χ1v) is 16.9. The molecule has 3 saturated heterocycles. The van der Waals surface area contributed by atoms with E-state index in [-0.39, 0.29) is 18.0 Å². The predicted octanol–water partition coefficient (Wildman–Crippen LogP) is 6.58. The first-order chi connectivity index (χ1) is 21.2. The van der Waals surface area contributed by atoms with Gasteiger partial charge in [-0.2, -0.15) is 0 Å². The molecule has 5 heteroatoms. The predicted molar refractivity (Wildman–Crippen MR) is 179 cm³/mol. The number of carbonyl (C=O) groups is 1. The highest BCUT2D eigenvalue weighted by atomic mass is 31.1. The number of hydrogen-bond acceptors (Lipinski definition) is 3. The van der Waals surface area contributed by atoms with E-state index in [0.29, 0.717) is 5.92 Å². The summed E-state index contributed by atoms with van der Waals surface area (Å²) in [5.74, 6) is 1.45. The maximum atomic E-state index is 14.6. The number of fused-ring (bicyclic) bond motifs is 4. The molecule has 8 rings (SSSR count). The van der Waals surface area contributed by atoms with Crippen molar-refractivity contribution in [2.75, 3.05) is 13.1 Å². The Kier molecular flexibility index (Phi) is 8.06. The highest BCUT2D eigenvalue weighted by Crippen LogP contribution is 2.43. The summed E-state index contributed by atoms with van der Waals surface area (Å²) in [6.07, 6.45) is 5.50. The molecule has 3 aliphatic heterocycles. The molecule has 4 aromatic carbocycles. The number of aromatic nitrogens is 1. The van der Waals surface area contributed by atoms with Crippen molar-refractivity contribution in [3.8, 4) is 0 Å². The van der Waals surface area contributed by atoms with Crippen LogP contribution in [0.3, 0.4) is 0 Å². The van der Waals surface area contributed by atoms with Crippen molar-refractivity contribution in [2.24, 2.45) is 11.8 Å². The van der Waals surface area contributed by atoms with Crippen molar-refractivity contribution in [1.29, 1.82) is 0 Å². The summed E-state index contributed by atoms with van der Waals surface area (Å²) in [5.41, 5.74) is 2.89. The number of benzene rings is 4. The third-order valence-electron chi connectivity index (χ3n) is 9.57. The number of nitrogens with zero attached hydrogens (tertiary/aromatic N) is 2. The molecule has 2 bridgehead atoms. The van der Waals surface area contributed by atoms with Gasteiger partial charge < -0.3 is 5.32 Å². The van der Waals surface area contributed by atoms with E-state index >= 15 is 0 Å². The van der Waals surface area contributed by atoms with Crippen molar-refractivity contribution in [2.45, 2.75) is 38.3 Å². The van der Waals surface area contributed by atoms with Gasteiger partial charge in [0.1, 0.15) is 0 Å². The minimum absolute atomic E-state index is 0.00413. The standard InChI is InChI=1S/C38H38N3OP/c1-2-27-26-41-24-22-28(27)25-35(41)37(32-21-23-39-34-19-11-9-17-31(32)34)40-38(42)33-18-10-12-20-36(33)43(29-13-5-3-6-14-29)30-15-7-4-8-16-30/h3-21,23,27-28,35,37H,2,22,24-26H2,1H3,(H,40,42)/t27-,28-,35-,37-/m0/s1. The number of rotatable bonds is 8. The molecule has 5 aromatic rings. The maximum Gasteiger partial charge on any atom is 0.252 e. The Morgan fingerprint density at radius 2 is 1.56 bits per heavy atom. The molecule has 1 aromatic heterocycles. The average molecular weight is 584 g/mol. The number of piperidine rings is 3. The summed E-state index contributed by atoms with van der Waals surface area (Å²) in [6, 6.07) is 40.1. The smallest absolute Gasteiger partial charge is 0.252 e. The highest BCUT2D eigenvalue weighted by molar-refractivity contribution is 7.80. The van der Waals surface area contributed by atoms with Gasteiger partial charge in [-0.15, -0.1) is 0 Å². The highest BCUT2D eigenvalue weighted by Gasteiger charge is 2.43. The van der Waals surface area contributed by atoms with Crippen LogP contribution in [0.4, 0.5) is 0 Å². The van der Waals surface area contributed by atoms with Crippen LogP contribution < -0.4 is 21.2 Å². The largest absolute Gasteiger partial charge is 0.344 e. The van der Waals surface area contributed by atoms with E-state index in [1.807, 2.05) is 24.4 Å². The van der Waals surface area contributed by atoms with E-state index in [1.165, 1.54) is 23.5 Å². The van der Waals surface area contributed by atoms with Crippen molar-refractivity contribution in [3.05, 3.63) is 133 Å². The molecule has 5 atom stereocenters. The molecular weight excluding hydrogens is 545 g/mol. The van der Waals surface area contributed by atoms with Gasteiger partial charge >= 0.3 is 0 Å². The van der Waals surface area contributed by atoms with Crippen molar-refractivity contribution >= 4 is 40.6 Å². The average Bonchev–Trinajstić information content (AvgIpc) is 3.08. The summed E-state index contributed by atoms with van der Waals surface area (Å²) < 4.78 is 0. The van der Waals surface area contributed by atoms with Gasteiger partial charge in [0, 0.05) is 29.7 Å². The Morgan fingerprint density at radius 1 is 0.884 bits per heavy atom. The summed E-state index contributed by atoms with van der Waals surface area (Å²) in [6.45, 7) is 4.54. The fraction of sp³-hybridized carbons (Fsp3) is 0.263. The lowest BCUT2D eigenvalue weighted by atomic mass is 9.72. The van der Waals surface area contributed by atoms with Crippen LogP contribution in [0, 0.1) is 11.8 Å². The van der Waals surface area contributed by atoms with E-state index in [0.717, 1.165) is 52.8 Å². The first-order valence-electron chi connectivity index (χ1n) is 15.6. The molecule has 216 valence electrons. The van der Waals surface area contributed by atoms with Crippen LogP contribution in [-0.4, -0.2) is 34.9 Å². The third kappa shape index (κ3) is 5.51. The van der Waals surface area contributed by atoms with E-state index < -0.39 is 7.92 Å². The van der Waals surface area contributed by atoms with E-state index in [1.54, 1.807) is 0 Å². The minimum Gasteiger partial charge on any atom is -0.344 e. The first kappa shape index (κ1) is 28.0. The topological polar surface area (TPSA) is 45.2 Å². The van der Waals surface area contributed by atoms with Gasteiger partial charge in [-0.05, 0) is 78.8 Å². The lowest BCUT2D eigenvalue weighted by molar-refractivity contribution is -0.0152. The van der Waals surface area contributed by atoms with Gasteiger partial charge in [0.15, 0.2) is 0 Å². The van der Waals surface area contributed by atoms with Crippen molar-refractivity contribution in [3.63, 3.8) is 0 Å². The van der Waals surface area contributed by atoms with Gasteiger partial charge in [0.25, 0.3) is 5.91 Å². The Balaban J connectivity index is 1.30. The summed E-state index contributed by atoms with van der Waals surface area (Å²) >= 11 is 0. The number of carbonyl (C=O) groups excluding carboxylic acids is 1. The number of amides is 1. The molecule has 0 spiro atoms. The second-order valence-electron chi connectivity index (χ2n) is 11.9. The second-order valence-corrected chi connectivity index (χ2v) is 14.1. The monoisotopic (exact) mass is 583 g/mol. The van der Waals surface area contributed by atoms with Crippen LogP contribution in [0.2, 0.25) is 0 Å². The Bertz CT molecular complexity index is 1660. The zero-order chi connectivity index (χ0) is 29.2. The van der Waals surface area contributed by atoms with Crippen LogP contribution in [0.1, 0.15) is 48.1 Å². The van der Waals surface area contributed by atoms with E-state index in [9.17, 15) is 4.79 Å². The maximum absolute atomic E-state index is 14.6.